The second-order valence-corrected chi connectivity index (χ2v) is 13.9. The minimum atomic E-state index is -5.20. The van der Waals surface area contributed by atoms with Crippen molar-refractivity contribution in [2.45, 2.75) is 63.7 Å². The Hall–Kier alpha value is -6.29. The number of nitriles is 1. The van der Waals surface area contributed by atoms with Gasteiger partial charge in [-0.3, -0.25) is 48.9 Å². The third kappa shape index (κ3) is 7.14. The van der Waals surface area contributed by atoms with Crippen LogP contribution in [0.5, 0.6) is 0 Å². The number of benzene rings is 2. The van der Waals surface area contributed by atoms with Crippen molar-refractivity contribution in [1.82, 2.24) is 20.5 Å². The number of rotatable bonds is 11. The lowest BCUT2D eigenvalue weighted by molar-refractivity contribution is -0.140. The molecule has 6 rings (SSSR count). The van der Waals surface area contributed by atoms with E-state index in [1.165, 1.54) is 37.1 Å². The predicted molar refractivity (Wildman–Crippen MR) is 195 cm³/mol. The maximum Gasteiger partial charge on any atom is 0.420 e. The van der Waals surface area contributed by atoms with Crippen LogP contribution in [0.3, 0.4) is 0 Å². The van der Waals surface area contributed by atoms with E-state index in [2.05, 4.69) is 20.9 Å². The van der Waals surface area contributed by atoms with Gasteiger partial charge in [-0.2, -0.15) is 18.4 Å². The highest BCUT2D eigenvalue weighted by Crippen LogP contribution is 2.42. The van der Waals surface area contributed by atoms with Crippen molar-refractivity contribution in [3.63, 3.8) is 0 Å². The third-order valence-electron chi connectivity index (χ3n) is 9.57. The molecule has 0 saturated carbocycles. The van der Waals surface area contributed by atoms with Crippen molar-refractivity contribution >= 4 is 69.8 Å². The number of pyridine rings is 1. The van der Waals surface area contributed by atoms with Gasteiger partial charge >= 0.3 is 6.18 Å². The smallest absolute Gasteiger partial charge is 0.383 e. The van der Waals surface area contributed by atoms with Crippen LogP contribution in [0.15, 0.2) is 48.7 Å². The number of carbonyl (C=O) groups excluding carboxylic acids is 6. The Morgan fingerprint density at radius 2 is 1.82 bits per heavy atom. The number of fused-ring (bicyclic) bond motifs is 1. The molecule has 3 aromatic rings. The van der Waals surface area contributed by atoms with Crippen LogP contribution in [0.2, 0.25) is 0 Å². The summed E-state index contributed by atoms with van der Waals surface area (Å²) >= 11 is 5.47. The molecule has 14 nitrogen and oxygen atoms in total. The molecular formula is C37H32F4N8O6S. The third-order valence-corrected chi connectivity index (χ3v) is 9.93. The van der Waals surface area contributed by atoms with Gasteiger partial charge in [0.25, 0.3) is 17.7 Å². The molecule has 6 amide bonds. The van der Waals surface area contributed by atoms with Gasteiger partial charge in [-0.15, -0.1) is 0 Å². The molecule has 2 fully saturated rings. The maximum atomic E-state index is 15.3. The normalized spacial score (nSPS) is 17.9. The topological polar surface area (TPSA) is 185 Å². The SMILES string of the molecule is CC1(C)C(=O)N(c2ccc(C#N)c(C(F)(F)F)c2F)C(=S)N1c1ccc(CCCC(=O)NCCNc2cccc3c2C(=O)N(C2CCC(=O)NC2=O)C3=O)nc1. The average molecular weight is 793 g/mol. The van der Waals surface area contributed by atoms with Crippen molar-refractivity contribution in [2.24, 2.45) is 0 Å². The van der Waals surface area contributed by atoms with Crippen LogP contribution in [0.25, 0.3) is 0 Å². The number of amides is 6. The van der Waals surface area contributed by atoms with E-state index in [0.29, 0.717) is 34.8 Å². The van der Waals surface area contributed by atoms with Crippen molar-refractivity contribution in [1.29, 1.82) is 5.26 Å². The van der Waals surface area contributed by atoms with E-state index in [1.807, 2.05) is 0 Å². The molecule has 0 spiro atoms. The Morgan fingerprint density at radius 1 is 1.07 bits per heavy atom. The minimum absolute atomic E-state index is 0.000819. The Balaban J connectivity index is 1.01. The molecular weight excluding hydrogens is 761 g/mol. The summed E-state index contributed by atoms with van der Waals surface area (Å²) in [5, 5.41) is 16.8. The number of carbonyl (C=O) groups is 6. The molecule has 1 atom stereocenters. The van der Waals surface area contributed by atoms with Crippen LogP contribution in [0.4, 0.5) is 34.6 Å². The lowest BCUT2D eigenvalue weighted by Gasteiger charge is -2.29. The molecule has 1 aromatic heterocycles. The first-order valence-electron chi connectivity index (χ1n) is 17.3. The van der Waals surface area contributed by atoms with Gasteiger partial charge in [0.1, 0.15) is 17.1 Å². The maximum absolute atomic E-state index is 15.3. The first-order chi connectivity index (χ1) is 26.5. The van der Waals surface area contributed by atoms with Crippen molar-refractivity contribution in [3.8, 4) is 6.07 Å². The van der Waals surface area contributed by atoms with E-state index in [4.69, 9.17) is 17.5 Å². The molecule has 3 N–H and O–H groups in total. The molecule has 19 heteroatoms. The lowest BCUT2D eigenvalue weighted by atomic mass is 10.0. The molecule has 0 radical (unpaired) electrons. The first-order valence-corrected chi connectivity index (χ1v) is 17.7. The van der Waals surface area contributed by atoms with Gasteiger partial charge < -0.3 is 15.5 Å². The Bertz CT molecular complexity index is 2240. The standard InChI is InChI=1S/C37H32F4N8O6S/c1-36(2)34(55)48(24-12-9-19(17-42)29(30(24)38)37(39,40)41)35(56)49(36)21-11-10-20(45-18-21)5-3-8-26(50)44-16-15-43-23-7-4-6-22-28(23)33(54)47(32(22)53)25-13-14-27(51)46-31(25)52/h4,6-7,9-12,18,25,43H,3,5,8,13-16H2,1-2H3,(H,44,50)(H,46,51,52). The van der Waals surface area contributed by atoms with Crippen LogP contribution in [0, 0.1) is 17.1 Å². The molecule has 2 aromatic carbocycles. The number of alkyl halides is 3. The van der Waals surface area contributed by atoms with Crippen LogP contribution >= 0.6 is 12.2 Å². The zero-order chi connectivity index (χ0) is 40.7. The Morgan fingerprint density at radius 3 is 2.48 bits per heavy atom. The molecule has 1 unspecified atom stereocenters. The minimum Gasteiger partial charge on any atom is -0.383 e. The van der Waals surface area contributed by atoms with Gasteiger partial charge in [0.15, 0.2) is 10.9 Å². The summed E-state index contributed by atoms with van der Waals surface area (Å²) < 4.78 is 56.3. The Kier molecular flexibility index (Phi) is 10.6. The molecule has 0 aliphatic carbocycles. The first kappa shape index (κ1) is 39.4. The molecule has 2 saturated heterocycles. The fraction of sp³-hybridized carbons (Fsp3) is 0.324. The molecule has 3 aliphatic heterocycles. The van der Waals surface area contributed by atoms with Gasteiger partial charge in [0.05, 0.1) is 40.3 Å². The highest BCUT2D eigenvalue weighted by atomic mass is 32.1. The van der Waals surface area contributed by atoms with E-state index in [0.717, 1.165) is 17.0 Å². The molecule has 0 bridgehead atoms. The molecule has 3 aliphatic rings. The van der Waals surface area contributed by atoms with Gasteiger partial charge in [-0.25, -0.2) is 4.39 Å². The predicted octanol–water partition coefficient (Wildman–Crippen LogP) is 3.98. The van der Waals surface area contributed by atoms with E-state index in [1.54, 1.807) is 24.3 Å². The highest BCUT2D eigenvalue weighted by Gasteiger charge is 2.52. The van der Waals surface area contributed by atoms with Crippen molar-refractivity contribution in [3.05, 3.63) is 82.4 Å². The van der Waals surface area contributed by atoms with Crippen molar-refractivity contribution in [2.75, 3.05) is 28.2 Å². The number of hydrogen-bond donors (Lipinski definition) is 3. The largest absolute Gasteiger partial charge is 0.420 e. The number of thiocarbonyl (C=S) groups is 1. The summed E-state index contributed by atoms with van der Waals surface area (Å²) in [6, 6.07) is 9.82. The monoisotopic (exact) mass is 792 g/mol. The van der Waals surface area contributed by atoms with E-state index in [-0.39, 0.29) is 54.5 Å². The number of nitrogens with one attached hydrogen (secondary N) is 3. The van der Waals surface area contributed by atoms with Crippen LogP contribution < -0.4 is 25.8 Å². The van der Waals surface area contributed by atoms with E-state index >= 15 is 4.39 Å². The van der Waals surface area contributed by atoms with E-state index < -0.39 is 69.9 Å². The molecule has 56 heavy (non-hydrogen) atoms. The number of nitrogens with zero attached hydrogens (tertiary/aromatic N) is 5. The second kappa shape index (κ2) is 15.1. The fourth-order valence-corrected chi connectivity index (χ4v) is 7.34. The van der Waals surface area contributed by atoms with Gasteiger partial charge in [0, 0.05) is 37.3 Å². The number of aryl methyl sites for hydroxylation is 1. The summed E-state index contributed by atoms with van der Waals surface area (Å²) in [4.78, 5) is 83.5. The molecule has 290 valence electrons. The number of halogens is 4. The fourth-order valence-electron chi connectivity index (χ4n) is 6.83. The quantitative estimate of drug-likeness (QED) is 0.111. The van der Waals surface area contributed by atoms with Crippen molar-refractivity contribution < 1.29 is 46.3 Å². The van der Waals surface area contributed by atoms with Gasteiger partial charge in [-0.05, 0) is 81.7 Å². The van der Waals surface area contributed by atoms with Gasteiger partial charge in [-0.1, -0.05) is 6.07 Å². The van der Waals surface area contributed by atoms with E-state index in [9.17, 15) is 41.9 Å². The Labute approximate surface area is 321 Å². The number of imide groups is 2. The average Bonchev–Trinajstić information content (AvgIpc) is 3.49. The summed E-state index contributed by atoms with van der Waals surface area (Å²) in [6.45, 7) is 3.33. The lowest BCUT2D eigenvalue weighted by Crippen LogP contribution is -2.54. The van der Waals surface area contributed by atoms with Crippen LogP contribution in [-0.4, -0.2) is 75.1 Å². The summed E-state index contributed by atoms with van der Waals surface area (Å²) in [6.07, 6.45) is -2.83. The van der Waals surface area contributed by atoms with Crippen LogP contribution in [0.1, 0.15) is 77.1 Å². The summed E-state index contributed by atoms with van der Waals surface area (Å²) in [5.41, 5.74) is -3.44. The number of piperidine rings is 1. The zero-order valence-corrected chi connectivity index (χ0v) is 30.6. The highest BCUT2D eigenvalue weighted by molar-refractivity contribution is 7.81. The zero-order valence-electron chi connectivity index (χ0n) is 29.8. The number of anilines is 3. The summed E-state index contributed by atoms with van der Waals surface area (Å²) in [7, 11) is 0. The van der Waals surface area contributed by atoms with Gasteiger partial charge in [0.2, 0.25) is 17.7 Å². The second-order valence-electron chi connectivity index (χ2n) is 13.6. The summed E-state index contributed by atoms with van der Waals surface area (Å²) in [5.74, 6) is -5.32. The number of aromatic nitrogens is 1. The molecule has 4 heterocycles. The van der Waals surface area contributed by atoms with Crippen LogP contribution in [-0.2, 0) is 31.8 Å². The number of hydrogen-bond acceptors (Lipinski definition) is 10.